The lowest BCUT2D eigenvalue weighted by atomic mass is 9.95. The summed E-state index contributed by atoms with van der Waals surface area (Å²) in [6, 6.07) is 12.6. The zero-order chi connectivity index (χ0) is 14.0. The quantitative estimate of drug-likeness (QED) is 0.667. The van der Waals surface area contributed by atoms with Crippen LogP contribution in [-0.2, 0) is 5.41 Å². The summed E-state index contributed by atoms with van der Waals surface area (Å²) in [6.45, 7) is 6.73. The van der Waals surface area contributed by atoms with Gasteiger partial charge in [0, 0.05) is 15.3 Å². The molecule has 0 radical (unpaired) electrons. The van der Waals surface area contributed by atoms with Crippen molar-refractivity contribution in [3.63, 3.8) is 0 Å². The average molecular weight is 339 g/mol. The Morgan fingerprint density at radius 2 is 1.79 bits per heavy atom. The molecule has 0 fully saturated rings. The Kier molecular flexibility index (Phi) is 4.36. The first kappa shape index (κ1) is 14.6. The van der Waals surface area contributed by atoms with E-state index in [0.29, 0.717) is 0 Å². The summed E-state index contributed by atoms with van der Waals surface area (Å²) in [6.07, 6.45) is 0. The number of benzene rings is 1. The summed E-state index contributed by atoms with van der Waals surface area (Å²) in [5.41, 5.74) is 1.38. The maximum Gasteiger partial charge on any atom is 0.123 e. The maximum atomic E-state index is 5.44. The van der Waals surface area contributed by atoms with Crippen molar-refractivity contribution < 1.29 is 4.74 Å². The highest BCUT2D eigenvalue weighted by Gasteiger charge is 2.21. The van der Waals surface area contributed by atoms with Gasteiger partial charge in [-0.3, -0.25) is 0 Å². The molecule has 1 nitrogen and oxygen atoms in total. The molecule has 2 rings (SSSR count). The van der Waals surface area contributed by atoms with Crippen LogP contribution in [0.15, 0.2) is 36.4 Å². The van der Waals surface area contributed by atoms with E-state index in [4.69, 9.17) is 4.74 Å². The number of halogens is 1. The lowest BCUT2D eigenvalue weighted by molar-refractivity contribution is 0.410. The number of methoxy groups -OCH3 is 1. The molecule has 19 heavy (non-hydrogen) atoms. The average Bonchev–Trinajstić information content (AvgIpc) is 2.87. The second-order valence-electron chi connectivity index (χ2n) is 5.56. The Morgan fingerprint density at radius 3 is 2.37 bits per heavy atom. The largest absolute Gasteiger partial charge is 0.496 e. The number of alkyl halides is 1. The first-order valence-corrected chi connectivity index (χ1v) is 8.04. The van der Waals surface area contributed by atoms with E-state index in [1.54, 1.807) is 7.11 Å². The van der Waals surface area contributed by atoms with E-state index >= 15 is 0 Å². The van der Waals surface area contributed by atoms with Crippen molar-refractivity contribution in [1.29, 1.82) is 0 Å². The van der Waals surface area contributed by atoms with Crippen LogP contribution in [0.3, 0.4) is 0 Å². The molecule has 1 unspecified atom stereocenters. The topological polar surface area (TPSA) is 9.23 Å². The van der Waals surface area contributed by atoms with Gasteiger partial charge < -0.3 is 4.74 Å². The minimum Gasteiger partial charge on any atom is -0.496 e. The molecule has 1 aromatic heterocycles. The third kappa shape index (κ3) is 3.21. The Bertz CT molecular complexity index is 554. The molecule has 0 N–H and O–H groups in total. The SMILES string of the molecule is COc1ccccc1C(Br)c1ccc(C(C)(C)C)s1. The second kappa shape index (κ2) is 5.68. The van der Waals surface area contributed by atoms with Crippen molar-refractivity contribution in [2.45, 2.75) is 31.0 Å². The van der Waals surface area contributed by atoms with Crippen LogP contribution in [0.4, 0.5) is 0 Å². The summed E-state index contributed by atoms with van der Waals surface area (Å²) in [7, 11) is 1.72. The van der Waals surface area contributed by atoms with Gasteiger partial charge in [0.05, 0.1) is 11.9 Å². The second-order valence-corrected chi connectivity index (χ2v) is 7.59. The summed E-state index contributed by atoms with van der Waals surface area (Å²) >= 11 is 5.66. The Balaban J connectivity index is 2.34. The summed E-state index contributed by atoms with van der Waals surface area (Å²) in [5, 5.41) is 0. The lowest BCUT2D eigenvalue weighted by Gasteiger charge is -2.16. The van der Waals surface area contributed by atoms with E-state index in [-0.39, 0.29) is 10.2 Å². The number of hydrogen-bond donors (Lipinski definition) is 0. The van der Waals surface area contributed by atoms with Crippen molar-refractivity contribution in [2.24, 2.45) is 0 Å². The van der Waals surface area contributed by atoms with Crippen LogP contribution >= 0.6 is 27.3 Å². The smallest absolute Gasteiger partial charge is 0.123 e. The number of ether oxygens (including phenoxy) is 1. The molecule has 0 aliphatic heterocycles. The van der Waals surface area contributed by atoms with E-state index in [1.807, 2.05) is 29.5 Å². The maximum absolute atomic E-state index is 5.44. The standard InChI is InChI=1S/C16H19BrOS/c1-16(2,3)14-10-9-13(19-14)15(17)11-7-5-6-8-12(11)18-4/h5-10,15H,1-4H3. The minimum atomic E-state index is 0.185. The van der Waals surface area contributed by atoms with Gasteiger partial charge in [-0.05, 0) is 23.6 Å². The fraction of sp³-hybridized carbons (Fsp3) is 0.375. The number of hydrogen-bond acceptors (Lipinski definition) is 2. The summed E-state index contributed by atoms with van der Waals surface area (Å²) in [5.74, 6) is 0.926. The van der Waals surface area contributed by atoms with E-state index in [2.05, 4.69) is 54.9 Å². The van der Waals surface area contributed by atoms with Crippen LogP contribution in [0.25, 0.3) is 0 Å². The molecule has 0 aliphatic carbocycles. The highest BCUT2D eigenvalue weighted by atomic mass is 79.9. The predicted octanol–water partition coefficient (Wildman–Crippen LogP) is 5.54. The monoisotopic (exact) mass is 338 g/mol. The molecule has 0 saturated carbocycles. The van der Waals surface area contributed by atoms with Crippen molar-refractivity contribution in [3.8, 4) is 5.75 Å². The van der Waals surface area contributed by atoms with Crippen molar-refractivity contribution in [3.05, 3.63) is 51.7 Å². The molecule has 1 heterocycles. The Labute approximate surface area is 127 Å². The van der Waals surface area contributed by atoms with Crippen molar-refractivity contribution in [1.82, 2.24) is 0 Å². The van der Waals surface area contributed by atoms with E-state index in [0.717, 1.165) is 5.75 Å². The van der Waals surface area contributed by atoms with Crippen LogP contribution in [0.1, 0.15) is 40.9 Å². The summed E-state index contributed by atoms with van der Waals surface area (Å²) in [4.78, 5) is 2.90. The van der Waals surface area contributed by atoms with E-state index < -0.39 is 0 Å². The zero-order valence-electron chi connectivity index (χ0n) is 11.7. The summed E-state index contributed by atoms with van der Waals surface area (Å²) < 4.78 is 5.44. The molecule has 1 atom stereocenters. The Morgan fingerprint density at radius 1 is 1.11 bits per heavy atom. The van der Waals surface area contributed by atoms with Crippen LogP contribution in [0.2, 0.25) is 0 Å². The highest BCUT2D eigenvalue weighted by molar-refractivity contribution is 9.09. The zero-order valence-corrected chi connectivity index (χ0v) is 14.1. The van der Waals surface area contributed by atoms with Crippen molar-refractivity contribution >= 4 is 27.3 Å². The molecular formula is C16H19BrOS. The fourth-order valence-corrected chi connectivity index (χ4v) is 3.80. The third-order valence-electron chi connectivity index (χ3n) is 3.03. The van der Waals surface area contributed by atoms with Gasteiger partial charge in [0.15, 0.2) is 0 Å². The molecule has 0 saturated heterocycles. The van der Waals surface area contributed by atoms with Gasteiger partial charge in [-0.2, -0.15) is 0 Å². The molecule has 0 amide bonds. The molecule has 0 aliphatic rings. The van der Waals surface area contributed by atoms with Crippen LogP contribution in [-0.4, -0.2) is 7.11 Å². The van der Waals surface area contributed by atoms with Gasteiger partial charge in [-0.25, -0.2) is 0 Å². The minimum absolute atomic E-state index is 0.185. The van der Waals surface area contributed by atoms with Gasteiger partial charge in [0.2, 0.25) is 0 Å². The van der Waals surface area contributed by atoms with Gasteiger partial charge in [-0.1, -0.05) is 54.9 Å². The van der Waals surface area contributed by atoms with Gasteiger partial charge in [-0.15, -0.1) is 11.3 Å². The number of para-hydroxylation sites is 1. The van der Waals surface area contributed by atoms with Crippen LogP contribution < -0.4 is 4.74 Å². The molecular weight excluding hydrogens is 320 g/mol. The van der Waals surface area contributed by atoms with Crippen molar-refractivity contribution in [2.75, 3.05) is 7.11 Å². The van der Waals surface area contributed by atoms with Crippen LogP contribution in [0, 0.1) is 0 Å². The normalized spacial score (nSPS) is 13.3. The van der Waals surface area contributed by atoms with E-state index in [1.165, 1.54) is 15.3 Å². The fourth-order valence-electron chi connectivity index (χ4n) is 1.92. The number of thiophene rings is 1. The molecule has 2 aromatic rings. The molecule has 1 aromatic carbocycles. The number of rotatable bonds is 3. The highest BCUT2D eigenvalue weighted by Crippen LogP contribution is 2.41. The first-order valence-electron chi connectivity index (χ1n) is 6.30. The Hall–Kier alpha value is -0.800. The van der Waals surface area contributed by atoms with Gasteiger partial charge >= 0.3 is 0 Å². The van der Waals surface area contributed by atoms with Gasteiger partial charge in [0.1, 0.15) is 5.75 Å². The first-order chi connectivity index (χ1) is 8.93. The van der Waals surface area contributed by atoms with Crippen LogP contribution in [0.5, 0.6) is 5.75 Å². The molecule has 3 heteroatoms. The molecule has 0 bridgehead atoms. The van der Waals surface area contributed by atoms with E-state index in [9.17, 15) is 0 Å². The molecule has 0 spiro atoms. The lowest BCUT2D eigenvalue weighted by Crippen LogP contribution is -2.07. The molecule has 102 valence electrons. The van der Waals surface area contributed by atoms with Gasteiger partial charge in [0.25, 0.3) is 0 Å². The predicted molar refractivity (Wildman–Crippen MR) is 86.8 cm³/mol. The third-order valence-corrected chi connectivity index (χ3v) is 5.89.